The van der Waals surface area contributed by atoms with E-state index in [0.717, 1.165) is 36.2 Å². The van der Waals surface area contributed by atoms with E-state index in [4.69, 9.17) is 4.74 Å². The van der Waals surface area contributed by atoms with E-state index in [1.807, 2.05) is 25.1 Å². The van der Waals surface area contributed by atoms with Crippen LogP contribution >= 0.6 is 0 Å². The number of rotatable bonds is 7. The lowest BCUT2D eigenvalue weighted by molar-refractivity contribution is -0.146. The van der Waals surface area contributed by atoms with E-state index in [0.29, 0.717) is 19.4 Å². The van der Waals surface area contributed by atoms with E-state index in [2.05, 4.69) is 10.6 Å². The second kappa shape index (κ2) is 8.53. The molecule has 0 saturated carbocycles. The van der Waals surface area contributed by atoms with Crippen LogP contribution in [0.2, 0.25) is 0 Å². The number of aliphatic hydroxyl groups excluding tert-OH is 1. The molecule has 1 heterocycles. The van der Waals surface area contributed by atoms with Crippen LogP contribution in [0.4, 0.5) is 11.4 Å². The van der Waals surface area contributed by atoms with Gasteiger partial charge < -0.3 is 20.5 Å². The number of carbonyl (C=O) groups is 2. The molecule has 1 unspecified atom stereocenters. The quantitative estimate of drug-likeness (QED) is 0.670. The average Bonchev–Trinajstić information content (AvgIpc) is 2.71. The number of hydrogen-bond donors (Lipinski definition) is 3. The van der Waals surface area contributed by atoms with Crippen molar-refractivity contribution in [3.8, 4) is 0 Å². The highest BCUT2D eigenvalue weighted by Gasteiger charge is 2.13. The maximum Gasteiger partial charge on any atom is 0.305 e. The normalized spacial score (nSPS) is 15.1. The zero-order valence-electron chi connectivity index (χ0n) is 13.4. The smallest absolute Gasteiger partial charge is 0.305 e. The Hall–Kier alpha value is -2.08. The molecule has 1 aliphatic heterocycles. The summed E-state index contributed by atoms with van der Waals surface area (Å²) in [5.74, 6) is -0.235. The summed E-state index contributed by atoms with van der Waals surface area (Å²) >= 11 is 0. The maximum absolute atomic E-state index is 11.5. The highest BCUT2D eigenvalue weighted by atomic mass is 16.5. The average molecular weight is 320 g/mol. The molecule has 0 aromatic heterocycles. The lowest BCUT2D eigenvalue weighted by Crippen LogP contribution is -2.26. The third-order valence-electron chi connectivity index (χ3n) is 3.66. The van der Waals surface area contributed by atoms with Gasteiger partial charge in [0.2, 0.25) is 5.91 Å². The van der Waals surface area contributed by atoms with Gasteiger partial charge in [0.05, 0.1) is 0 Å². The Balaban J connectivity index is 1.83. The lowest BCUT2D eigenvalue weighted by atomic mass is 10.1. The summed E-state index contributed by atoms with van der Waals surface area (Å²) in [6.07, 6.45) is 2.57. The molecular weight excluding hydrogens is 296 g/mol. The minimum absolute atomic E-state index is 0.00711. The Morgan fingerprint density at radius 1 is 1.43 bits per heavy atom. The van der Waals surface area contributed by atoms with Gasteiger partial charge in [0.25, 0.3) is 0 Å². The molecule has 1 aromatic rings. The fourth-order valence-electron chi connectivity index (χ4n) is 2.44. The minimum Gasteiger partial charge on any atom is -0.463 e. The number of hydrogen-bond acceptors (Lipinski definition) is 5. The molecule has 0 aliphatic carbocycles. The van der Waals surface area contributed by atoms with Gasteiger partial charge in [0.15, 0.2) is 0 Å². The zero-order valence-corrected chi connectivity index (χ0v) is 13.4. The Bertz CT molecular complexity index is 560. The molecule has 0 spiro atoms. The highest BCUT2D eigenvalue weighted by Crippen LogP contribution is 2.25. The van der Waals surface area contributed by atoms with Gasteiger partial charge in [-0.15, -0.1) is 0 Å². The monoisotopic (exact) mass is 320 g/mol. The van der Waals surface area contributed by atoms with Crippen LogP contribution in [0.25, 0.3) is 0 Å². The first-order chi connectivity index (χ1) is 11.1. The van der Waals surface area contributed by atoms with Crippen LogP contribution in [-0.4, -0.2) is 36.2 Å². The molecule has 0 fully saturated rings. The summed E-state index contributed by atoms with van der Waals surface area (Å²) in [6.45, 7) is 2.19. The number of fused-ring (bicyclic) bond motifs is 1. The molecule has 3 N–H and O–H groups in total. The Labute approximate surface area is 136 Å². The summed E-state index contributed by atoms with van der Waals surface area (Å²) in [5, 5.41) is 15.9. The molecule has 1 aromatic carbocycles. The first kappa shape index (κ1) is 17.3. The van der Waals surface area contributed by atoms with Gasteiger partial charge in [-0.25, -0.2) is 0 Å². The zero-order chi connectivity index (χ0) is 16.7. The van der Waals surface area contributed by atoms with Crippen molar-refractivity contribution in [1.29, 1.82) is 0 Å². The highest BCUT2D eigenvalue weighted by molar-refractivity contribution is 5.92. The van der Waals surface area contributed by atoms with Gasteiger partial charge in [-0.1, -0.05) is 6.92 Å². The van der Waals surface area contributed by atoms with Gasteiger partial charge >= 0.3 is 5.97 Å². The number of aryl methyl sites for hydroxylation is 1. The number of amides is 1. The second-order valence-electron chi connectivity index (χ2n) is 5.74. The van der Waals surface area contributed by atoms with Crippen molar-refractivity contribution < 1.29 is 19.4 Å². The molecule has 1 atom stereocenters. The summed E-state index contributed by atoms with van der Waals surface area (Å²) in [6, 6.07) is 5.71. The Kier molecular flexibility index (Phi) is 6.40. The third-order valence-corrected chi connectivity index (χ3v) is 3.66. The lowest BCUT2D eigenvalue weighted by Gasteiger charge is -2.15. The van der Waals surface area contributed by atoms with Crippen molar-refractivity contribution in [3.05, 3.63) is 23.8 Å². The van der Waals surface area contributed by atoms with E-state index in [1.165, 1.54) is 0 Å². The number of anilines is 2. The summed E-state index contributed by atoms with van der Waals surface area (Å²) in [5.41, 5.74) is 2.82. The molecule has 23 heavy (non-hydrogen) atoms. The molecule has 6 nitrogen and oxygen atoms in total. The number of benzene rings is 1. The van der Waals surface area contributed by atoms with Gasteiger partial charge in [-0.3, -0.25) is 9.59 Å². The molecule has 0 bridgehead atoms. The minimum atomic E-state index is -0.755. The van der Waals surface area contributed by atoms with Crippen molar-refractivity contribution in [3.63, 3.8) is 0 Å². The molecule has 126 valence electrons. The molecule has 1 aliphatic rings. The molecule has 6 heteroatoms. The molecule has 0 saturated heterocycles. The van der Waals surface area contributed by atoms with Crippen molar-refractivity contribution >= 4 is 23.3 Å². The maximum atomic E-state index is 11.5. The van der Waals surface area contributed by atoms with E-state index in [-0.39, 0.29) is 18.5 Å². The SMILES string of the molecule is CCCC(=O)OCC(O)CNc1ccc2c(c1)CCCC(=O)N2. The summed E-state index contributed by atoms with van der Waals surface area (Å²) in [4.78, 5) is 22.8. The Morgan fingerprint density at radius 2 is 2.26 bits per heavy atom. The fraction of sp³-hybridized carbons (Fsp3) is 0.529. The van der Waals surface area contributed by atoms with Crippen LogP contribution < -0.4 is 10.6 Å². The summed E-state index contributed by atoms with van der Waals surface area (Å²) < 4.78 is 4.98. The third kappa shape index (κ3) is 5.56. The largest absolute Gasteiger partial charge is 0.463 e. The molecule has 0 radical (unpaired) electrons. The Morgan fingerprint density at radius 3 is 3.04 bits per heavy atom. The van der Waals surface area contributed by atoms with Crippen LogP contribution in [0.1, 0.15) is 38.2 Å². The number of nitrogens with one attached hydrogen (secondary N) is 2. The van der Waals surface area contributed by atoms with Crippen LogP contribution in [-0.2, 0) is 20.7 Å². The van der Waals surface area contributed by atoms with Crippen molar-refractivity contribution in [2.24, 2.45) is 0 Å². The van der Waals surface area contributed by atoms with Crippen molar-refractivity contribution in [1.82, 2.24) is 0 Å². The van der Waals surface area contributed by atoms with Gasteiger partial charge in [-0.2, -0.15) is 0 Å². The van der Waals surface area contributed by atoms with Crippen LogP contribution in [0.15, 0.2) is 18.2 Å². The van der Waals surface area contributed by atoms with Crippen molar-refractivity contribution in [2.45, 2.75) is 45.1 Å². The first-order valence-electron chi connectivity index (χ1n) is 8.09. The predicted molar refractivity (Wildman–Crippen MR) is 88.4 cm³/mol. The molecular formula is C17H24N2O4. The number of aliphatic hydroxyl groups is 1. The standard InChI is InChI=1S/C17H24N2O4/c1-2-4-17(22)23-11-14(20)10-18-13-7-8-15-12(9-13)5-3-6-16(21)19-15/h7-9,14,18,20H,2-6,10-11H2,1H3,(H,19,21). The number of ether oxygens (including phenoxy) is 1. The fourth-order valence-corrected chi connectivity index (χ4v) is 2.44. The summed E-state index contributed by atoms with van der Waals surface area (Å²) in [7, 11) is 0. The van der Waals surface area contributed by atoms with Gasteiger partial charge in [0, 0.05) is 30.8 Å². The molecule has 1 amide bonds. The number of carbonyl (C=O) groups excluding carboxylic acids is 2. The van der Waals surface area contributed by atoms with E-state index in [1.54, 1.807) is 0 Å². The van der Waals surface area contributed by atoms with E-state index >= 15 is 0 Å². The topological polar surface area (TPSA) is 87.7 Å². The van der Waals surface area contributed by atoms with Crippen LogP contribution in [0.3, 0.4) is 0 Å². The van der Waals surface area contributed by atoms with Crippen molar-refractivity contribution in [2.75, 3.05) is 23.8 Å². The van der Waals surface area contributed by atoms with Gasteiger partial charge in [0.1, 0.15) is 12.7 Å². The van der Waals surface area contributed by atoms with E-state index < -0.39 is 6.10 Å². The second-order valence-corrected chi connectivity index (χ2v) is 5.74. The molecule has 2 rings (SSSR count). The van der Waals surface area contributed by atoms with E-state index in [9.17, 15) is 14.7 Å². The predicted octanol–water partition coefficient (Wildman–Crippen LogP) is 2.08. The van der Waals surface area contributed by atoms with Gasteiger partial charge in [-0.05, 0) is 43.0 Å². The van der Waals surface area contributed by atoms with Crippen LogP contribution in [0.5, 0.6) is 0 Å². The van der Waals surface area contributed by atoms with Crippen LogP contribution in [0, 0.1) is 0 Å². The number of esters is 1. The first-order valence-corrected chi connectivity index (χ1v) is 8.09.